The third kappa shape index (κ3) is 2.73. The molecule has 1 aliphatic heterocycles. The zero-order chi connectivity index (χ0) is 13.2. The number of anilines is 2. The summed E-state index contributed by atoms with van der Waals surface area (Å²) in [5, 5.41) is 3.21. The van der Waals surface area contributed by atoms with Crippen molar-refractivity contribution in [3.8, 4) is 0 Å². The van der Waals surface area contributed by atoms with Crippen LogP contribution in [0, 0.1) is 0 Å². The summed E-state index contributed by atoms with van der Waals surface area (Å²) in [6.45, 7) is 3.48. The molecule has 1 fully saturated rings. The van der Waals surface area contributed by atoms with Gasteiger partial charge in [-0.15, -0.1) is 0 Å². The Labute approximate surface area is 106 Å². The van der Waals surface area contributed by atoms with Crippen molar-refractivity contribution in [1.29, 1.82) is 0 Å². The average Bonchev–Trinajstić information content (AvgIpc) is 2.74. The number of nitrogens with two attached hydrogens (primary N) is 2. The molecule has 1 aromatic carbocycles. The van der Waals surface area contributed by atoms with Gasteiger partial charge in [-0.1, -0.05) is 0 Å². The van der Waals surface area contributed by atoms with Gasteiger partial charge >= 0.3 is 0 Å². The van der Waals surface area contributed by atoms with E-state index in [0.717, 1.165) is 19.4 Å². The van der Waals surface area contributed by atoms with Crippen LogP contribution in [0.3, 0.4) is 0 Å². The van der Waals surface area contributed by atoms with Crippen molar-refractivity contribution in [3.05, 3.63) is 23.8 Å². The molecule has 1 heterocycles. The van der Waals surface area contributed by atoms with Gasteiger partial charge in [0.15, 0.2) is 0 Å². The molecule has 1 saturated heterocycles. The van der Waals surface area contributed by atoms with Crippen LogP contribution >= 0.6 is 0 Å². The van der Waals surface area contributed by atoms with E-state index in [2.05, 4.69) is 12.2 Å². The van der Waals surface area contributed by atoms with Gasteiger partial charge in [0.05, 0.1) is 11.2 Å². The molecule has 0 bridgehead atoms. The fourth-order valence-corrected chi connectivity index (χ4v) is 2.18. The summed E-state index contributed by atoms with van der Waals surface area (Å²) >= 11 is 0. The van der Waals surface area contributed by atoms with Gasteiger partial charge in [0.2, 0.25) is 0 Å². The van der Waals surface area contributed by atoms with Gasteiger partial charge in [-0.2, -0.15) is 0 Å². The van der Waals surface area contributed by atoms with Crippen LogP contribution < -0.4 is 16.8 Å². The molecule has 2 rings (SSSR count). The number of amides is 1. The highest BCUT2D eigenvalue weighted by molar-refractivity contribution is 5.99. The molecule has 5 N–H and O–H groups in total. The zero-order valence-corrected chi connectivity index (χ0v) is 10.5. The Morgan fingerprint density at radius 2 is 2.33 bits per heavy atom. The smallest absolute Gasteiger partial charge is 0.250 e. The molecule has 0 spiro atoms. The SMILES string of the molecule is CC1(CNc2cc(N)ccc2C(N)=O)CCCO1. The van der Waals surface area contributed by atoms with Gasteiger partial charge in [-0.25, -0.2) is 0 Å². The van der Waals surface area contributed by atoms with Crippen LogP contribution in [-0.4, -0.2) is 24.7 Å². The largest absolute Gasteiger partial charge is 0.399 e. The van der Waals surface area contributed by atoms with Crippen LogP contribution in [0.1, 0.15) is 30.1 Å². The van der Waals surface area contributed by atoms with Crippen LogP contribution in [0.25, 0.3) is 0 Å². The molecule has 98 valence electrons. The summed E-state index contributed by atoms with van der Waals surface area (Å²) in [4.78, 5) is 11.3. The quantitative estimate of drug-likeness (QED) is 0.702. The summed E-state index contributed by atoms with van der Waals surface area (Å²) in [6.07, 6.45) is 2.08. The fraction of sp³-hybridized carbons (Fsp3) is 0.462. The number of nitrogens with one attached hydrogen (secondary N) is 1. The van der Waals surface area contributed by atoms with Crippen LogP contribution in [0.15, 0.2) is 18.2 Å². The van der Waals surface area contributed by atoms with Gasteiger partial charge in [0.1, 0.15) is 0 Å². The second-order valence-corrected chi connectivity index (χ2v) is 4.92. The minimum Gasteiger partial charge on any atom is -0.399 e. The Bertz CT molecular complexity index is 454. The maximum atomic E-state index is 11.3. The molecule has 0 radical (unpaired) electrons. The van der Waals surface area contributed by atoms with E-state index in [-0.39, 0.29) is 5.60 Å². The molecule has 0 aromatic heterocycles. The number of ether oxygens (including phenoxy) is 1. The number of rotatable bonds is 4. The van der Waals surface area contributed by atoms with Crippen molar-refractivity contribution in [1.82, 2.24) is 0 Å². The summed E-state index contributed by atoms with van der Waals surface area (Å²) in [5.74, 6) is -0.463. The molecule has 1 aromatic rings. The summed E-state index contributed by atoms with van der Waals surface area (Å²) in [6, 6.07) is 5.02. The molecule has 0 aliphatic carbocycles. The number of nitrogen functional groups attached to an aromatic ring is 1. The molecule has 0 saturated carbocycles. The molecule has 18 heavy (non-hydrogen) atoms. The maximum absolute atomic E-state index is 11.3. The molecular formula is C13H19N3O2. The predicted molar refractivity (Wildman–Crippen MR) is 71.5 cm³/mol. The van der Waals surface area contributed by atoms with Crippen molar-refractivity contribution in [2.75, 3.05) is 24.2 Å². The molecule has 1 aliphatic rings. The lowest BCUT2D eigenvalue weighted by molar-refractivity contribution is 0.0315. The Kier molecular flexibility index (Phi) is 3.43. The zero-order valence-electron chi connectivity index (χ0n) is 10.5. The number of carbonyl (C=O) groups is 1. The van der Waals surface area contributed by atoms with Crippen molar-refractivity contribution in [2.24, 2.45) is 5.73 Å². The molecule has 1 atom stereocenters. The summed E-state index contributed by atoms with van der Waals surface area (Å²) in [7, 11) is 0. The van der Waals surface area contributed by atoms with Crippen LogP contribution in [-0.2, 0) is 4.74 Å². The van der Waals surface area contributed by atoms with E-state index >= 15 is 0 Å². The van der Waals surface area contributed by atoms with Gasteiger partial charge in [-0.05, 0) is 38.0 Å². The Morgan fingerprint density at radius 1 is 1.56 bits per heavy atom. The summed E-state index contributed by atoms with van der Waals surface area (Å²) < 4.78 is 5.68. The van der Waals surface area contributed by atoms with Crippen molar-refractivity contribution >= 4 is 17.3 Å². The van der Waals surface area contributed by atoms with E-state index in [9.17, 15) is 4.79 Å². The number of primary amides is 1. The van der Waals surface area contributed by atoms with Crippen molar-refractivity contribution in [2.45, 2.75) is 25.4 Å². The lowest BCUT2D eigenvalue weighted by Gasteiger charge is -2.24. The minimum atomic E-state index is -0.463. The van der Waals surface area contributed by atoms with Crippen molar-refractivity contribution < 1.29 is 9.53 Å². The molecule has 5 nitrogen and oxygen atoms in total. The molecular weight excluding hydrogens is 230 g/mol. The first kappa shape index (κ1) is 12.7. The lowest BCUT2D eigenvalue weighted by Crippen LogP contribution is -2.33. The highest BCUT2D eigenvalue weighted by Gasteiger charge is 2.29. The Balaban J connectivity index is 2.12. The van der Waals surface area contributed by atoms with Gasteiger partial charge in [0.25, 0.3) is 5.91 Å². The first-order chi connectivity index (χ1) is 8.50. The van der Waals surface area contributed by atoms with Crippen LogP contribution in [0.4, 0.5) is 11.4 Å². The van der Waals surface area contributed by atoms with Crippen molar-refractivity contribution in [3.63, 3.8) is 0 Å². The number of carbonyl (C=O) groups excluding carboxylic acids is 1. The minimum absolute atomic E-state index is 0.181. The average molecular weight is 249 g/mol. The lowest BCUT2D eigenvalue weighted by atomic mass is 10.0. The van der Waals surface area contributed by atoms with E-state index in [1.807, 2.05) is 0 Å². The van der Waals surface area contributed by atoms with Gasteiger partial charge in [-0.3, -0.25) is 4.79 Å². The normalized spacial score (nSPS) is 22.9. The first-order valence-corrected chi connectivity index (χ1v) is 6.07. The van der Waals surface area contributed by atoms with Gasteiger partial charge in [0, 0.05) is 24.5 Å². The number of benzene rings is 1. The maximum Gasteiger partial charge on any atom is 0.250 e. The van der Waals surface area contributed by atoms with E-state index in [4.69, 9.17) is 16.2 Å². The van der Waals surface area contributed by atoms with Gasteiger partial charge < -0.3 is 21.5 Å². The molecule has 1 unspecified atom stereocenters. The summed E-state index contributed by atoms with van der Waals surface area (Å²) in [5.41, 5.74) is 12.6. The number of hydrogen-bond acceptors (Lipinski definition) is 4. The third-order valence-corrected chi connectivity index (χ3v) is 3.26. The Hall–Kier alpha value is -1.75. The molecule has 1 amide bonds. The molecule has 5 heteroatoms. The van der Waals surface area contributed by atoms with E-state index in [1.165, 1.54) is 0 Å². The standard InChI is InChI=1S/C13H19N3O2/c1-13(5-2-6-18-13)8-16-11-7-9(14)3-4-10(11)12(15)17/h3-4,7,16H,2,5-6,8,14H2,1H3,(H2,15,17). The fourth-order valence-electron chi connectivity index (χ4n) is 2.18. The monoisotopic (exact) mass is 249 g/mol. The highest BCUT2D eigenvalue weighted by atomic mass is 16.5. The van der Waals surface area contributed by atoms with E-state index in [0.29, 0.717) is 23.5 Å². The predicted octanol–water partition coefficient (Wildman–Crippen LogP) is 1.35. The second-order valence-electron chi connectivity index (χ2n) is 4.92. The highest BCUT2D eigenvalue weighted by Crippen LogP contribution is 2.26. The number of hydrogen-bond donors (Lipinski definition) is 3. The van der Waals surface area contributed by atoms with Crippen LogP contribution in [0.5, 0.6) is 0 Å². The second kappa shape index (κ2) is 4.86. The van der Waals surface area contributed by atoms with Crippen LogP contribution in [0.2, 0.25) is 0 Å². The topological polar surface area (TPSA) is 90.4 Å². The Morgan fingerprint density at radius 3 is 2.94 bits per heavy atom. The third-order valence-electron chi connectivity index (χ3n) is 3.26. The van der Waals surface area contributed by atoms with E-state index in [1.54, 1.807) is 18.2 Å². The van der Waals surface area contributed by atoms with E-state index < -0.39 is 5.91 Å². The first-order valence-electron chi connectivity index (χ1n) is 6.07.